The topological polar surface area (TPSA) is 29.5 Å². The van der Waals surface area contributed by atoms with Crippen LogP contribution >= 0.6 is 0 Å². The largest absolute Gasteiger partial charge is 0.396 e. The first-order valence-electron chi connectivity index (χ1n) is 6.13. The van der Waals surface area contributed by atoms with Crippen molar-refractivity contribution in [3.05, 3.63) is 12.2 Å². The molecule has 0 aromatic rings. The summed E-state index contributed by atoms with van der Waals surface area (Å²) in [5.41, 5.74) is 0. The van der Waals surface area contributed by atoms with Crippen molar-refractivity contribution in [2.24, 2.45) is 11.8 Å². The minimum atomic E-state index is 0.278. The van der Waals surface area contributed by atoms with E-state index in [1.807, 2.05) is 0 Å². The Morgan fingerprint density at radius 3 is 2.73 bits per heavy atom. The number of unbranched alkanes of at least 4 members (excludes halogenated alkanes) is 1. The monoisotopic (exact) mass is 212 g/mol. The molecule has 0 aromatic carbocycles. The van der Waals surface area contributed by atoms with Gasteiger partial charge >= 0.3 is 0 Å². The second kappa shape index (κ2) is 7.02. The fourth-order valence-electron chi connectivity index (χ4n) is 2.23. The molecule has 2 heteroatoms. The third kappa shape index (κ3) is 4.35. The summed E-state index contributed by atoms with van der Waals surface area (Å²) in [6, 6.07) is 0. The maximum atomic E-state index is 8.66. The maximum absolute atomic E-state index is 8.66. The molecule has 0 bridgehead atoms. The Hall–Kier alpha value is -0.340. The maximum Gasteiger partial charge on any atom is 0.0580 e. The lowest BCUT2D eigenvalue weighted by Crippen LogP contribution is -2.28. The Kier molecular flexibility index (Phi) is 5.96. The van der Waals surface area contributed by atoms with E-state index in [1.54, 1.807) is 0 Å². The third-order valence-electron chi connectivity index (χ3n) is 3.35. The highest BCUT2D eigenvalue weighted by Gasteiger charge is 2.24. The van der Waals surface area contributed by atoms with Gasteiger partial charge in [-0.2, -0.15) is 0 Å². The molecule has 0 radical (unpaired) electrons. The summed E-state index contributed by atoms with van der Waals surface area (Å²) in [5.74, 6) is 1.41. The number of rotatable bonds is 6. The van der Waals surface area contributed by atoms with Crippen LogP contribution in [0.4, 0.5) is 0 Å². The third-order valence-corrected chi connectivity index (χ3v) is 3.35. The fourth-order valence-corrected chi connectivity index (χ4v) is 2.23. The van der Waals surface area contributed by atoms with Gasteiger partial charge in [0, 0.05) is 13.2 Å². The Labute approximate surface area is 93.3 Å². The van der Waals surface area contributed by atoms with Crippen molar-refractivity contribution in [1.29, 1.82) is 0 Å². The van der Waals surface area contributed by atoms with E-state index in [0.717, 1.165) is 31.8 Å². The van der Waals surface area contributed by atoms with Gasteiger partial charge in [-0.15, -0.1) is 0 Å². The Morgan fingerprint density at radius 1 is 1.33 bits per heavy atom. The zero-order valence-electron chi connectivity index (χ0n) is 9.98. The smallest absolute Gasteiger partial charge is 0.0580 e. The van der Waals surface area contributed by atoms with Crippen LogP contribution in [0, 0.1) is 11.8 Å². The molecule has 0 fully saturated rings. The molecule has 2 nitrogen and oxygen atoms in total. The van der Waals surface area contributed by atoms with Crippen LogP contribution in [0.15, 0.2) is 12.2 Å². The predicted molar refractivity (Wildman–Crippen MR) is 62.8 cm³/mol. The number of aliphatic hydroxyl groups excluding tert-OH is 1. The molecule has 0 amide bonds. The first-order chi connectivity index (χ1) is 7.25. The summed E-state index contributed by atoms with van der Waals surface area (Å²) in [4.78, 5) is 0. The molecule has 1 aliphatic rings. The lowest BCUT2D eigenvalue weighted by Gasteiger charge is -2.30. The standard InChI is InChI=1S/C13H24O2/c1-11-7-3-4-8-13(11)12(2)15-10-6-5-9-14/h3-4,11-14H,5-10H2,1-2H3/t11-,12?,13-/m0/s1. The van der Waals surface area contributed by atoms with Gasteiger partial charge in [-0.3, -0.25) is 0 Å². The summed E-state index contributed by atoms with van der Waals surface area (Å²) in [5, 5.41) is 8.66. The minimum absolute atomic E-state index is 0.278. The minimum Gasteiger partial charge on any atom is -0.396 e. The van der Waals surface area contributed by atoms with Crippen molar-refractivity contribution in [1.82, 2.24) is 0 Å². The van der Waals surface area contributed by atoms with E-state index in [2.05, 4.69) is 26.0 Å². The van der Waals surface area contributed by atoms with Crippen LogP contribution in [0.5, 0.6) is 0 Å². The summed E-state index contributed by atoms with van der Waals surface area (Å²) < 4.78 is 5.81. The second-order valence-corrected chi connectivity index (χ2v) is 4.59. The van der Waals surface area contributed by atoms with Crippen molar-refractivity contribution < 1.29 is 9.84 Å². The van der Waals surface area contributed by atoms with Crippen molar-refractivity contribution in [3.8, 4) is 0 Å². The van der Waals surface area contributed by atoms with Gasteiger partial charge in [-0.1, -0.05) is 19.1 Å². The van der Waals surface area contributed by atoms with E-state index < -0.39 is 0 Å². The van der Waals surface area contributed by atoms with Crippen LogP contribution in [-0.2, 0) is 4.74 Å². The lowest BCUT2D eigenvalue weighted by atomic mass is 9.81. The van der Waals surface area contributed by atoms with E-state index in [9.17, 15) is 0 Å². The van der Waals surface area contributed by atoms with Gasteiger partial charge in [0.05, 0.1) is 6.10 Å². The van der Waals surface area contributed by atoms with Crippen LogP contribution < -0.4 is 0 Å². The average molecular weight is 212 g/mol. The first kappa shape index (κ1) is 12.7. The number of aliphatic hydroxyl groups is 1. The molecule has 1 N–H and O–H groups in total. The molecule has 1 unspecified atom stereocenters. The number of hydrogen-bond donors (Lipinski definition) is 1. The molecule has 0 saturated carbocycles. The zero-order valence-corrected chi connectivity index (χ0v) is 9.98. The molecule has 0 saturated heterocycles. The first-order valence-corrected chi connectivity index (χ1v) is 6.13. The number of ether oxygens (including phenoxy) is 1. The molecule has 0 heterocycles. The molecule has 15 heavy (non-hydrogen) atoms. The van der Waals surface area contributed by atoms with Gasteiger partial charge in [-0.05, 0) is 44.4 Å². The van der Waals surface area contributed by atoms with Crippen molar-refractivity contribution in [3.63, 3.8) is 0 Å². The summed E-state index contributed by atoms with van der Waals surface area (Å²) in [7, 11) is 0. The van der Waals surface area contributed by atoms with Crippen molar-refractivity contribution in [2.45, 2.75) is 45.6 Å². The van der Waals surface area contributed by atoms with Gasteiger partial charge in [0.25, 0.3) is 0 Å². The van der Waals surface area contributed by atoms with Crippen molar-refractivity contribution >= 4 is 0 Å². The summed E-state index contributed by atoms with van der Waals surface area (Å²) >= 11 is 0. The highest BCUT2D eigenvalue weighted by atomic mass is 16.5. The highest BCUT2D eigenvalue weighted by Crippen LogP contribution is 2.29. The van der Waals surface area contributed by atoms with Crippen molar-refractivity contribution in [2.75, 3.05) is 13.2 Å². The Bertz CT molecular complexity index is 189. The number of allylic oxidation sites excluding steroid dienone is 2. The molecule has 1 aliphatic carbocycles. The van der Waals surface area contributed by atoms with Crippen LogP contribution in [0.2, 0.25) is 0 Å². The summed E-state index contributed by atoms with van der Waals surface area (Å²) in [6.07, 6.45) is 9.07. The number of hydrogen-bond acceptors (Lipinski definition) is 2. The average Bonchev–Trinajstić information content (AvgIpc) is 2.25. The molecule has 1 rings (SSSR count). The zero-order chi connectivity index (χ0) is 11.1. The van der Waals surface area contributed by atoms with E-state index in [4.69, 9.17) is 9.84 Å². The molecule has 3 atom stereocenters. The Morgan fingerprint density at radius 2 is 2.07 bits per heavy atom. The molecular formula is C13H24O2. The second-order valence-electron chi connectivity index (χ2n) is 4.59. The van der Waals surface area contributed by atoms with Crippen LogP contribution in [0.25, 0.3) is 0 Å². The van der Waals surface area contributed by atoms with E-state index in [1.165, 1.54) is 6.42 Å². The normalized spacial score (nSPS) is 27.9. The molecule has 0 aliphatic heterocycles. The fraction of sp³-hybridized carbons (Fsp3) is 0.846. The Balaban J connectivity index is 2.20. The lowest BCUT2D eigenvalue weighted by molar-refractivity contribution is 0.00398. The van der Waals surface area contributed by atoms with E-state index >= 15 is 0 Å². The van der Waals surface area contributed by atoms with Gasteiger partial charge in [-0.25, -0.2) is 0 Å². The van der Waals surface area contributed by atoms with Gasteiger partial charge < -0.3 is 9.84 Å². The van der Waals surface area contributed by atoms with E-state index in [-0.39, 0.29) is 6.61 Å². The van der Waals surface area contributed by atoms with Crippen LogP contribution in [-0.4, -0.2) is 24.4 Å². The molecule has 0 spiro atoms. The molecule has 0 aromatic heterocycles. The molecule has 88 valence electrons. The highest BCUT2D eigenvalue weighted by molar-refractivity contribution is 4.94. The molecular weight excluding hydrogens is 188 g/mol. The SMILES string of the molecule is CC(OCCCCO)[C@H]1CC=CC[C@@H]1C. The van der Waals surface area contributed by atoms with E-state index in [0.29, 0.717) is 12.0 Å². The van der Waals surface area contributed by atoms with Gasteiger partial charge in [0.15, 0.2) is 0 Å². The quantitative estimate of drug-likeness (QED) is 0.542. The van der Waals surface area contributed by atoms with Crippen LogP contribution in [0.1, 0.15) is 39.5 Å². The summed E-state index contributed by atoms with van der Waals surface area (Å²) in [6.45, 7) is 5.55. The van der Waals surface area contributed by atoms with Crippen LogP contribution in [0.3, 0.4) is 0 Å². The van der Waals surface area contributed by atoms with Gasteiger partial charge in [0.1, 0.15) is 0 Å². The van der Waals surface area contributed by atoms with Gasteiger partial charge in [0.2, 0.25) is 0 Å². The predicted octanol–water partition coefficient (Wildman–Crippen LogP) is 2.77.